The first-order chi connectivity index (χ1) is 9.21. The lowest BCUT2D eigenvalue weighted by molar-refractivity contribution is 0.498. The Morgan fingerprint density at radius 1 is 1.30 bits per heavy atom. The number of hydrogen-bond donors (Lipinski definition) is 2. The van der Waals surface area contributed by atoms with Gasteiger partial charge in [0.05, 0.1) is 10.4 Å². The van der Waals surface area contributed by atoms with Gasteiger partial charge in [-0.05, 0) is 44.5 Å². The molecular weight excluding hydrogens is 274 g/mol. The molecular formula is C14H19N3O2S. The number of fused-ring (bicyclic) bond motifs is 1. The molecule has 0 aliphatic rings. The average Bonchev–Trinajstić information content (AvgIpc) is 2.36. The summed E-state index contributed by atoms with van der Waals surface area (Å²) < 4.78 is 27.4. The maximum atomic E-state index is 12.4. The van der Waals surface area contributed by atoms with Gasteiger partial charge in [-0.3, -0.25) is 4.98 Å². The van der Waals surface area contributed by atoms with Gasteiger partial charge in [0.25, 0.3) is 0 Å². The molecule has 6 heteroatoms. The summed E-state index contributed by atoms with van der Waals surface area (Å²) in [4.78, 5) is 4.48. The van der Waals surface area contributed by atoms with Crippen molar-refractivity contribution < 1.29 is 8.42 Å². The van der Waals surface area contributed by atoms with Crippen LogP contribution in [-0.4, -0.2) is 25.5 Å². The molecule has 0 radical (unpaired) electrons. The highest BCUT2D eigenvalue weighted by molar-refractivity contribution is 7.89. The van der Waals surface area contributed by atoms with Gasteiger partial charge in [0.1, 0.15) is 0 Å². The summed E-state index contributed by atoms with van der Waals surface area (Å²) in [6.07, 6.45) is 1.65. The zero-order valence-electron chi connectivity index (χ0n) is 11.8. The SMILES string of the molecule is Cc1ccc(S(=O)(=O)NCC(C)(C)N)c2cccnc12. The van der Waals surface area contributed by atoms with Crippen LogP contribution >= 0.6 is 0 Å². The van der Waals surface area contributed by atoms with E-state index in [2.05, 4.69) is 9.71 Å². The number of nitrogens with two attached hydrogens (primary N) is 1. The minimum Gasteiger partial charge on any atom is -0.324 e. The van der Waals surface area contributed by atoms with E-state index in [0.29, 0.717) is 10.9 Å². The standard InChI is InChI=1S/C14H19N3O2S/c1-10-6-7-12(11-5-4-8-16-13(10)11)20(18,19)17-9-14(2,3)15/h4-8,17H,9,15H2,1-3H3. The first-order valence-electron chi connectivity index (χ1n) is 6.34. The number of pyridine rings is 1. The molecule has 0 bridgehead atoms. The summed E-state index contributed by atoms with van der Waals surface area (Å²) in [6, 6.07) is 6.85. The molecule has 1 aromatic carbocycles. The van der Waals surface area contributed by atoms with Crippen molar-refractivity contribution in [1.29, 1.82) is 0 Å². The molecule has 5 nitrogen and oxygen atoms in total. The minimum atomic E-state index is -3.61. The van der Waals surface area contributed by atoms with Crippen LogP contribution in [0, 0.1) is 6.92 Å². The number of rotatable bonds is 4. The second-order valence-electron chi connectivity index (χ2n) is 5.59. The monoisotopic (exact) mass is 293 g/mol. The Bertz CT molecular complexity index is 734. The van der Waals surface area contributed by atoms with E-state index < -0.39 is 15.6 Å². The zero-order valence-corrected chi connectivity index (χ0v) is 12.7. The van der Waals surface area contributed by atoms with Crippen LogP contribution < -0.4 is 10.5 Å². The Balaban J connectivity index is 2.50. The van der Waals surface area contributed by atoms with Crippen molar-refractivity contribution >= 4 is 20.9 Å². The van der Waals surface area contributed by atoms with Crippen molar-refractivity contribution in [2.75, 3.05) is 6.54 Å². The molecule has 0 unspecified atom stereocenters. The number of benzene rings is 1. The van der Waals surface area contributed by atoms with Crippen LogP contribution in [-0.2, 0) is 10.0 Å². The van der Waals surface area contributed by atoms with Gasteiger partial charge >= 0.3 is 0 Å². The molecule has 20 heavy (non-hydrogen) atoms. The molecule has 3 N–H and O–H groups in total. The number of aryl methyl sites for hydroxylation is 1. The summed E-state index contributed by atoms with van der Waals surface area (Å²) in [5.41, 5.74) is 6.85. The third-order valence-corrected chi connectivity index (χ3v) is 4.40. The summed E-state index contributed by atoms with van der Waals surface area (Å²) in [6.45, 7) is 5.61. The number of aromatic nitrogens is 1. The van der Waals surface area contributed by atoms with E-state index in [0.717, 1.165) is 5.56 Å². The second-order valence-corrected chi connectivity index (χ2v) is 7.33. The Kier molecular flexibility index (Phi) is 3.82. The first-order valence-corrected chi connectivity index (χ1v) is 7.82. The summed E-state index contributed by atoms with van der Waals surface area (Å²) in [7, 11) is -3.61. The van der Waals surface area contributed by atoms with E-state index in [1.807, 2.05) is 6.92 Å². The van der Waals surface area contributed by atoms with Crippen LogP contribution in [0.5, 0.6) is 0 Å². The van der Waals surface area contributed by atoms with Gasteiger partial charge in [0.2, 0.25) is 10.0 Å². The first kappa shape index (κ1) is 14.9. The predicted molar refractivity (Wildman–Crippen MR) is 79.9 cm³/mol. The fraction of sp³-hybridized carbons (Fsp3) is 0.357. The van der Waals surface area contributed by atoms with Gasteiger partial charge in [-0.15, -0.1) is 0 Å². The molecule has 0 amide bonds. The van der Waals surface area contributed by atoms with Crippen molar-refractivity contribution in [3.05, 3.63) is 36.0 Å². The number of sulfonamides is 1. The smallest absolute Gasteiger partial charge is 0.241 e. The van der Waals surface area contributed by atoms with Crippen molar-refractivity contribution in [2.24, 2.45) is 5.73 Å². The maximum Gasteiger partial charge on any atom is 0.241 e. The molecule has 0 saturated carbocycles. The quantitative estimate of drug-likeness (QED) is 0.896. The molecule has 0 saturated heterocycles. The molecule has 1 heterocycles. The maximum absolute atomic E-state index is 12.4. The highest BCUT2D eigenvalue weighted by Gasteiger charge is 2.21. The van der Waals surface area contributed by atoms with Crippen molar-refractivity contribution in [3.8, 4) is 0 Å². The minimum absolute atomic E-state index is 0.172. The highest BCUT2D eigenvalue weighted by atomic mass is 32.2. The lowest BCUT2D eigenvalue weighted by atomic mass is 10.1. The number of hydrogen-bond acceptors (Lipinski definition) is 4. The Morgan fingerprint density at radius 2 is 2.00 bits per heavy atom. The Labute approximate surface area is 119 Å². The Hall–Kier alpha value is -1.50. The molecule has 0 aliphatic heterocycles. The van der Waals surface area contributed by atoms with E-state index in [1.165, 1.54) is 0 Å². The van der Waals surface area contributed by atoms with Gasteiger partial charge < -0.3 is 5.73 Å². The molecule has 1 aromatic heterocycles. The number of nitrogens with zero attached hydrogens (tertiary/aromatic N) is 1. The average molecular weight is 293 g/mol. The molecule has 0 fully saturated rings. The summed E-state index contributed by atoms with van der Waals surface area (Å²) in [5, 5.41) is 0.620. The molecule has 0 spiro atoms. The van der Waals surface area contributed by atoms with Crippen LogP contribution in [0.4, 0.5) is 0 Å². The van der Waals surface area contributed by atoms with Crippen molar-refractivity contribution in [2.45, 2.75) is 31.2 Å². The second kappa shape index (κ2) is 5.12. The van der Waals surface area contributed by atoms with Gasteiger partial charge in [0.15, 0.2) is 0 Å². The van der Waals surface area contributed by atoms with E-state index in [-0.39, 0.29) is 11.4 Å². The Morgan fingerprint density at radius 3 is 2.65 bits per heavy atom. The highest BCUT2D eigenvalue weighted by Crippen LogP contribution is 2.24. The van der Waals surface area contributed by atoms with Gasteiger partial charge in [-0.25, -0.2) is 13.1 Å². The fourth-order valence-corrected chi connectivity index (χ4v) is 3.30. The fourth-order valence-electron chi connectivity index (χ4n) is 1.88. The van der Waals surface area contributed by atoms with E-state index >= 15 is 0 Å². The largest absolute Gasteiger partial charge is 0.324 e. The lowest BCUT2D eigenvalue weighted by Crippen LogP contribution is -2.45. The molecule has 0 aliphatic carbocycles. The molecule has 0 atom stereocenters. The molecule has 2 aromatic rings. The van der Waals surface area contributed by atoms with Crippen LogP contribution in [0.15, 0.2) is 35.4 Å². The summed E-state index contributed by atoms with van der Waals surface area (Å²) in [5.74, 6) is 0. The summed E-state index contributed by atoms with van der Waals surface area (Å²) >= 11 is 0. The third-order valence-electron chi connectivity index (χ3n) is 2.94. The third kappa shape index (κ3) is 3.15. The van der Waals surface area contributed by atoms with E-state index in [4.69, 9.17) is 5.73 Å². The van der Waals surface area contributed by atoms with Crippen molar-refractivity contribution in [1.82, 2.24) is 9.71 Å². The van der Waals surface area contributed by atoms with Crippen LogP contribution in [0.3, 0.4) is 0 Å². The van der Waals surface area contributed by atoms with Crippen LogP contribution in [0.1, 0.15) is 19.4 Å². The normalized spacial score (nSPS) is 12.8. The van der Waals surface area contributed by atoms with Gasteiger partial charge in [-0.2, -0.15) is 0 Å². The predicted octanol–water partition coefficient (Wildman–Crippen LogP) is 1.56. The van der Waals surface area contributed by atoms with Crippen LogP contribution in [0.25, 0.3) is 10.9 Å². The van der Waals surface area contributed by atoms with E-state index in [1.54, 1.807) is 44.3 Å². The van der Waals surface area contributed by atoms with Crippen molar-refractivity contribution in [3.63, 3.8) is 0 Å². The van der Waals surface area contributed by atoms with Gasteiger partial charge in [0, 0.05) is 23.7 Å². The number of nitrogens with one attached hydrogen (secondary N) is 1. The van der Waals surface area contributed by atoms with Gasteiger partial charge in [-0.1, -0.05) is 6.07 Å². The van der Waals surface area contributed by atoms with Crippen LogP contribution in [0.2, 0.25) is 0 Å². The lowest BCUT2D eigenvalue weighted by Gasteiger charge is -2.19. The molecule has 2 rings (SSSR count). The topological polar surface area (TPSA) is 85.1 Å². The van der Waals surface area contributed by atoms with E-state index in [9.17, 15) is 8.42 Å². The molecule has 108 valence electrons. The zero-order chi connectivity index (χ0) is 15.0.